The van der Waals surface area contributed by atoms with E-state index >= 15 is 0 Å². The smallest absolute Gasteiger partial charge is 0.271 e. The number of amides is 1. The van der Waals surface area contributed by atoms with Crippen molar-refractivity contribution in [1.29, 1.82) is 0 Å². The molecule has 134 valence electrons. The molecule has 0 aliphatic carbocycles. The van der Waals surface area contributed by atoms with Crippen LogP contribution in [-0.4, -0.2) is 36.1 Å². The zero-order valence-corrected chi connectivity index (χ0v) is 15.1. The highest BCUT2D eigenvalue weighted by atomic mass is 16.5. The van der Waals surface area contributed by atoms with Crippen LogP contribution in [0.2, 0.25) is 0 Å². The average molecular weight is 342 g/mol. The first kappa shape index (κ1) is 18.9. The van der Waals surface area contributed by atoms with Crippen LogP contribution in [0.25, 0.3) is 0 Å². The van der Waals surface area contributed by atoms with Crippen LogP contribution in [0.15, 0.2) is 30.6 Å². The SMILES string of the molecule is CCc1cccc(CC)c1Nc1cnc(C(=O)NCCCOC)cn1. The Kier molecular flexibility index (Phi) is 7.35. The quantitative estimate of drug-likeness (QED) is 0.685. The summed E-state index contributed by atoms with van der Waals surface area (Å²) in [5.41, 5.74) is 3.86. The predicted molar refractivity (Wildman–Crippen MR) is 99.3 cm³/mol. The summed E-state index contributed by atoms with van der Waals surface area (Å²) < 4.78 is 4.95. The summed E-state index contributed by atoms with van der Waals surface area (Å²) in [5, 5.41) is 6.14. The number of ether oxygens (including phenoxy) is 1. The molecule has 0 atom stereocenters. The predicted octanol–water partition coefficient (Wildman–Crippen LogP) is 3.11. The maximum atomic E-state index is 12.0. The lowest BCUT2D eigenvalue weighted by Crippen LogP contribution is -2.26. The summed E-state index contributed by atoms with van der Waals surface area (Å²) in [4.78, 5) is 20.6. The molecule has 0 aliphatic rings. The number of hydrogen-bond acceptors (Lipinski definition) is 5. The molecule has 2 aromatic rings. The van der Waals surface area contributed by atoms with Crippen molar-refractivity contribution in [3.63, 3.8) is 0 Å². The first-order chi connectivity index (χ1) is 12.2. The summed E-state index contributed by atoms with van der Waals surface area (Å²) >= 11 is 0. The summed E-state index contributed by atoms with van der Waals surface area (Å²) in [6.07, 6.45) is 5.73. The Balaban J connectivity index is 2.05. The maximum absolute atomic E-state index is 12.0. The monoisotopic (exact) mass is 342 g/mol. The number of methoxy groups -OCH3 is 1. The number of para-hydroxylation sites is 1. The van der Waals surface area contributed by atoms with Crippen LogP contribution in [0.5, 0.6) is 0 Å². The van der Waals surface area contributed by atoms with Gasteiger partial charge in [-0.05, 0) is 30.4 Å². The van der Waals surface area contributed by atoms with E-state index in [2.05, 4.69) is 52.6 Å². The van der Waals surface area contributed by atoms with Gasteiger partial charge in [-0.3, -0.25) is 4.79 Å². The van der Waals surface area contributed by atoms with Gasteiger partial charge in [0.15, 0.2) is 0 Å². The molecule has 0 spiro atoms. The fourth-order valence-electron chi connectivity index (χ4n) is 2.55. The zero-order valence-electron chi connectivity index (χ0n) is 15.1. The number of aromatic nitrogens is 2. The summed E-state index contributed by atoms with van der Waals surface area (Å²) in [6, 6.07) is 6.29. The zero-order chi connectivity index (χ0) is 18.1. The van der Waals surface area contributed by atoms with Crippen molar-refractivity contribution in [3.05, 3.63) is 47.4 Å². The van der Waals surface area contributed by atoms with Crippen molar-refractivity contribution in [2.75, 3.05) is 25.6 Å². The average Bonchev–Trinajstić information content (AvgIpc) is 2.65. The van der Waals surface area contributed by atoms with Crippen LogP contribution in [0.4, 0.5) is 11.5 Å². The van der Waals surface area contributed by atoms with Crippen LogP contribution in [-0.2, 0) is 17.6 Å². The van der Waals surface area contributed by atoms with Crippen molar-refractivity contribution in [2.45, 2.75) is 33.1 Å². The molecule has 1 aromatic heterocycles. The Hall–Kier alpha value is -2.47. The van der Waals surface area contributed by atoms with E-state index in [4.69, 9.17) is 4.74 Å². The van der Waals surface area contributed by atoms with Crippen molar-refractivity contribution in [2.24, 2.45) is 0 Å². The van der Waals surface area contributed by atoms with E-state index in [1.165, 1.54) is 17.3 Å². The molecular formula is C19H26N4O2. The van der Waals surface area contributed by atoms with Gasteiger partial charge in [-0.2, -0.15) is 0 Å². The minimum Gasteiger partial charge on any atom is -0.385 e. The van der Waals surface area contributed by atoms with Gasteiger partial charge < -0.3 is 15.4 Å². The highest BCUT2D eigenvalue weighted by Gasteiger charge is 2.10. The normalized spacial score (nSPS) is 10.5. The van der Waals surface area contributed by atoms with Gasteiger partial charge in [-0.25, -0.2) is 9.97 Å². The van der Waals surface area contributed by atoms with Gasteiger partial charge in [0.25, 0.3) is 5.91 Å². The number of nitrogens with one attached hydrogen (secondary N) is 2. The number of benzene rings is 1. The van der Waals surface area contributed by atoms with Gasteiger partial charge in [-0.1, -0.05) is 32.0 Å². The number of aryl methyl sites for hydroxylation is 2. The molecule has 0 saturated heterocycles. The Morgan fingerprint density at radius 2 is 1.84 bits per heavy atom. The number of rotatable bonds is 9. The molecular weight excluding hydrogens is 316 g/mol. The van der Waals surface area contributed by atoms with Crippen LogP contribution < -0.4 is 10.6 Å². The lowest BCUT2D eigenvalue weighted by molar-refractivity contribution is 0.0943. The molecule has 0 radical (unpaired) electrons. The third-order valence-electron chi connectivity index (χ3n) is 3.95. The number of nitrogens with zero attached hydrogens (tertiary/aromatic N) is 2. The molecule has 0 unspecified atom stereocenters. The van der Waals surface area contributed by atoms with E-state index in [0.717, 1.165) is 24.9 Å². The van der Waals surface area contributed by atoms with Crippen molar-refractivity contribution >= 4 is 17.4 Å². The van der Waals surface area contributed by atoms with Gasteiger partial charge in [0.2, 0.25) is 0 Å². The van der Waals surface area contributed by atoms with Crippen LogP contribution in [0.1, 0.15) is 41.9 Å². The first-order valence-electron chi connectivity index (χ1n) is 8.66. The van der Waals surface area contributed by atoms with Crippen molar-refractivity contribution in [1.82, 2.24) is 15.3 Å². The minimum absolute atomic E-state index is 0.224. The molecule has 1 aromatic carbocycles. The third kappa shape index (κ3) is 5.26. The molecule has 0 aliphatic heterocycles. The third-order valence-corrected chi connectivity index (χ3v) is 3.95. The van der Waals surface area contributed by atoms with Gasteiger partial charge in [0.05, 0.1) is 12.4 Å². The maximum Gasteiger partial charge on any atom is 0.271 e. The van der Waals surface area contributed by atoms with Crippen molar-refractivity contribution in [3.8, 4) is 0 Å². The van der Waals surface area contributed by atoms with Gasteiger partial charge in [0.1, 0.15) is 11.5 Å². The lowest BCUT2D eigenvalue weighted by atomic mass is 10.0. The summed E-state index contributed by atoms with van der Waals surface area (Å²) in [5.74, 6) is 0.407. The Labute approximate surface area is 149 Å². The molecule has 6 nitrogen and oxygen atoms in total. The molecule has 25 heavy (non-hydrogen) atoms. The van der Waals surface area contributed by atoms with Crippen LogP contribution in [0, 0.1) is 0 Å². The van der Waals surface area contributed by atoms with E-state index in [0.29, 0.717) is 24.7 Å². The second kappa shape index (κ2) is 9.74. The highest BCUT2D eigenvalue weighted by Crippen LogP contribution is 2.25. The molecule has 6 heteroatoms. The minimum atomic E-state index is -0.224. The van der Waals surface area contributed by atoms with E-state index < -0.39 is 0 Å². The second-order valence-corrected chi connectivity index (χ2v) is 5.67. The Bertz CT molecular complexity index is 664. The molecule has 2 N–H and O–H groups in total. The number of carbonyl (C=O) groups is 1. The molecule has 1 heterocycles. The highest BCUT2D eigenvalue weighted by molar-refractivity contribution is 5.92. The van der Waals surface area contributed by atoms with E-state index in [1.54, 1.807) is 13.3 Å². The molecule has 0 bridgehead atoms. The van der Waals surface area contributed by atoms with E-state index in [1.807, 2.05) is 0 Å². The van der Waals surface area contributed by atoms with Crippen molar-refractivity contribution < 1.29 is 9.53 Å². The molecule has 0 fully saturated rings. The molecule has 2 rings (SSSR count). The second-order valence-electron chi connectivity index (χ2n) is 5.67. The first-order valence-corrected chi connectivity index (χ1v) is 8.66. The fraction of sp³-hybridized carbons (Fsp3) is 0.421. The fourth-order valence-corrected chi connectivity index (χ4v) is 2.55. The Morgan fingerprint density at radius 3 is 2.40 bits per heavy atom. The largest absolute Gasteiger partial charge is 0.385 e. The number of carbonyl (C=O) groups excluding carboxylic acids is 1. The molecule has 0 saturated carbocycles. The summed E-state index contributed by atoms with van der Waals surface area (Å²) in [7, 11) is 1.64. The topological polar surface area (TPSA) is 76.1 Å². The van der Waals surface area contributed by atoms with E-state index in [-0.39, 0.29) is 5.91 Å². The summed E-state index contributed by atoms with van der Waals surface area (Å²) in [6.45, 7) is 5.43. The van der Waals surface area contributed by atoms with Crippen LogP contribution in [0.3, 0.4) is 0 Å². The standard InChI is InChI=1S/C19H26N4O2/c1-4-14-8-6-9-15(5-2)18(14)23-17-13-21-16(12-22-17)19(24)20-10-7-11-25-3/h6,8-9,12-13H,4-5,7,10-11H2,1-3H3,(H,20,24)(H,22,23). The number of hydrogen-bond donors (Lipinski definition) is 2. The van der Waals surface area contributed by atoms with Gasteiger partial charge >= 0.3 is 0 Å². The van der Waals surface area contributed by atoms with Gasteiger partial charge in [0, 0.05) is 25.9 Å². The van der Waals surface area contributed by atoms with E-state index in [9.17, 15) is 4.79 Å². The lowest BCUT2D eigenvalue weighted by Gasteiger charge is -2.14. The Morgan fingerprint density at radius 1 is 1.12 bits per heavy atom. The molecule has 1 amide bonds. The van der Waals surface area contributed by atoms with Crippen LogP contribution >= 0.6 is 0 Å². The number of anilines is 2. The van der Waals surface area contributed by atoms with Gasteiger partial charge in [-0.15, -0.1) is 0 Å².